The number of aliphatic hydroxyl groups is 1. The fourth-order valence-corrected chi connectivity index (χ4v) is 4.30. The van der Waals surface area contributed by atoms with Gasteiger partial charge in [-0.2, -0.15) is 5.10 Å². The number of aromatic nitrogens is 2. The Kier molecular flexibility index (Phi) is 6.12. The lowest BCUT2D eigenvalue weighted by Gasteiger charge is -2.26. The highest BCUT2D eigenvalue weighted by atomic mass is 16.3. The van der Waals surface area contributed by atoms with Crippen LogP contribution < -0.4 is 0 Å². The monoisotopic (exact) mass is 348 g/mol. The molecule has 0 spiro atoms. The quantitative estimate of drug-likeness (QED) is 0.846. The Morgan fingerprint density at radius 1 is 1.16 bits per heavy atom. The molecule has 1 aromatic rings. The number of hydrogen-bond donors (Lipinski definition) is 2. The van der Waals surface area contributed by atoms with Crippen LogP contribution in [0.3, 0.4) is 0 Å². The Hall–Kier alpha value is -1.40. The zero-order chi connectivity index (χ0) is 17.8. The SMILES string of the molecule is Cc1n[nH]c(C)c1CC(=O)N1CC(CO)C(CN2CCCCCC2)C1. The van der Waals surface area contributed by atoms with Gasteiger partial charge in [-0.1, -0.05) is 12.8 Å². The molecule has 1 amide bonds. The van der Waals surface area contributed by atoms with Crippen molar-refractivity contribution in [3.63, 3.8) is 0 Å². The molecule has 2 saturated heterocycles. The van der Waals surface area contributed by atoms with E-state index in [2.05, 4.69) is 15.1 Å². The largest absolute Gasteiger partial charge is 0.396 e. The van der Waals surface area contributed by atoms with Gasteiger partial charge in [0.1, 0.15) is 0 Å². The first-order valence-electron chi connectivity index (χ1n) is 9.70. The van der Waals surface area contributed by atoms with Crippen LogP contribution in [0.1, 0.15) is 42.6 Å². The van der Waals surface area contributed by atoms with Gasteiger partial charge in [0.25, 0.3) is 0 Å². The molecule has 0 bridgehead atoms. The summed E-state index contributed by atoms with van der Waals surface area (Å²) < 4.78 is 0. The molecule has 3 rings (SSSR count). The second kappa shape index (κ2) is 8.32. The van der Waals surface area contributed by atoms with E-state index < -0.39 is 0 Å². The van der Waals surface area contributed by atoms with Gasteiger partial charge >= 0.3 is 0 Å². The van der Waals surface area contributed by atoms with E-state index in [-0.39, 0.29) is 18.4 Å². The van der Waals surface area contributed by atoms with E-state index in [4.69, 9.17) is 0 Å². The normalized spacial score (nSPS) is 25.3. The smallest absolute Gasteiger partial charge is 0.227 e. The molecule has 6 nitrogen and oxygen atoms in total. The van der Waals surface area contributed by atoms with Crippen LogP contribution in [0.2, 0.25) is 0 Å². The predicted octanol–water partition coefficient (Wildman–Crippen LogP) is 1.51. The summed E-state index contributed by atoms with van der Waals surface area (Å²) >= 11 is 0. The zero-order valence-electron chi connectivity index (χ0n) is 15.6. The summed E-state index contributed by atoms with van der Waals surface area (Å²) in [6.45, 7) is 8.87. The Morgan fingerprint density at radius 2 is 1.84 bits per heavy atom. The summed E-state index contributed by atoms with van der Waals surface area (Å²) in [5.41, 5.74) is 2.90. The molecule has 0 radical (unpaired) electrons. The molecule has 6 heteroatoms. The van der Waals surface area contributed by atoms with Crippen molar-refractivity contribution in [2.45, 2.75) is 46.0 Å². The van der Waals surface area contributed by atoms with E-state index in [0.29, 0.717) is 18.9 Å². The standard InChI is InChI=1S/C19H32N4O2/c1-14-18(15(2)21-20-14)9-19(25)23-11-16(17(12-23)13-24)10-22-7-5-3-4-6-8-22/h16-17,24H,3-13H2,1-2H3,(H,20,21). The van der Waals surface area contributed by atoms with Crippen LogP contribution in [-0.4, -0.2) is 70.3 Å². The maximum absolute atomic E-state index is 12.8. The number of aliphatic hydroxyl groups excluding tert-OH is 1. The van der Waals surface area contributed by atoms with Gasteiger partial charge < -0.3 is 14.9 Å². The highest BCUT2D eigenvalue weighted by Crippen LogP contribution is 2.26. The lowest BCUT2D eigenvalue weighted by molar-refractivity contribution is -0.129. The molecule has 2 aliphatic heterocycles. The second-order valence-corrected chi connectivity index (χ2v) is 7.81. The van der Waals surface area contributed by atoms with Gasteiger partial charge in [-0.3, -0.25) is 9.89 Å². The molecule has 0 saturated carbocycles. The number of amides is 1. The molecule has 0 aliphatic carbocycles. The summed E-state index contributed by atoms with van der Waals surface area (Å²) in [6.07, 6.45) is 5.62. The number of nitrogens with one attached hydrogen (secondary N) is 1. The van der Waals surface area contributed by atoms with Crippen molar-refractivity contribution in [1.82, 2.24) is 20.0 Å². The first-order valence-corrected chi connectivity index (χ1v) is 9.70. The number of rotatable bonds is 5. The van der Waals surface area contributed by atoms with Crippen LogP contribution in [-0.2, 0) is 11.2 Å². The summed E-state index contributed by atoms with van der Waals surface area (Å²) in [4.78, 5) is 17.3. The molecule has 1 aromatic heterocycles. The third-order valence-electron chi connectivity index (χ3n) is 5.96. The van der Waals surface area contributed by atoms with E-state index >= 15 is 0 Å². The van der Waals surface area contributed by atoms with Gasteiger partial charge in [-0.05, 0) is 45.7 Å². The molecule has 2 N–H and O–H groups in total. The highest BCUT2D eigenvalue weighted by molar-refractivity contribution is 5.79. The van der Waals surface area contributed by atoms with Gasteiger partial charge in [0, 0.05) is 43.4 Å². The van der Waals surface area contributed by atoms with Crippen LogP contribution in [0.25, 0.3) is 0 Å². The number of carbonyl (C=O) groups excluding carboxylic acids is 1. The van der Waals surface area contributed by atoms with Crippen LogP contribution in [0, 0.1) is 25.7 Å². The van der Waals surface area contributed by atoms with Crippen LogP contribution >= 0.6 is 0 Å². The van der Waals surface area contributed by atoms with Gasteiger partial charge in [0.15, 0.2) is 0 Å². The van der Waals surface area contributed by atoms with Gasteiger partial charge in [0.05, 0.1) is 12.1 Å². The number of aryl methyl sites for hydroxylation is 2. The summed E-state index contributed by atoms with van der Waals surface area (Å²) in [6, 6.07) is 0. The Bertz CT molecular complexity index is 558. The van der Waals surface area contributed by atoms with Crippen molar-refractivity contribution < 1.29 is 9.90 Å². The lowest BCUT2D eigenvalue weighted by Crippen LogP contribution is -2.35. The minimum Gasteiger partial charge on any atom is -0.396 e. The number of likely N-dealkylation sites (tertiary alicyclic amines) is 2. The first-order chi connectivity index (χ1) is 12.1. The van der Waals surface area contributed by atoms with E-state index in [1.165, 1.54) is 25.7 Å². The molecule has 0 aromatic carbocycles. The third kappa shape index (κ3) is 4.42. The lowest BCUT2D eigenvalue weighted by atomic mass is 9.96. The van der Waals surface area contributed by atoms with Crippen molar-refractivity contribution in [2.24, 2.45) is 11.8 Å². The average molecular weight is 348 g/mol. The van der Waals surface area contributed by atoms with Crippen molar-refractivity contribution in [3.8, 4) is 0 Å². The maximum atomic E-state index is 12.8. The predicted molar refractivity (Wildman–Crippen MR) is 97.3 cm³/mol. The fraction of sp³-hybridized carbons (Fsp3) is 0.789. The van der Waals surface area contributed by atoms with Crippen molar-refractivity contribution in [2.75, 3.05) is 39.3 Å². The number of nitrogens with zero attached hydrogens (tertiary/aromatic N) is 3. The molecule has 3 heterocycles. The Balaban J connectivity index is 1.59. The highest BCUT2D eigenvalue weighted by Gasteiger charge is 2.36. The van der Waals surface area contributed by atoms with E-state index in [9.17, 15) is 9.90 Å². The maximum Gasteiger partial charge on any atom is 0.227 e. The molecule has 2 aliphatic rings. The molecule has 2 fully saturated rings. The third-order valence-corrected chi connectivity index (χ3v) is 5.96. The van der Waals surface area contributed by atoms with Crippen molar-refractivity contribution >= 4 is 5.91 Å². The number of carbonyl (C=O) groups is 1. The van der Waals surface area contributed by atoms with E-state index in [0.717, 1.165) is 43.1 Å². The molecule has 2 unspecified atom stereocenters. The molecule has 25 heavy (non-hydrogen) atoms. The number of H-pyrrole nitrogens is 1. The van der Waals surface area contributed by atoms with Crippen LogP contribution in [0.4, 0.5) is 0 Å². The van der Waals surface area contributed by atoms with Gasteiger partial charge in [0.2, 0.25) is 5.91 Å². The topological polar surface area (TPSA) is 72.5 Å². The summed E-state index contributed by atoms with van der Waals surface area (Å²) in [5.74, 6) is 0.752. The van der Waals surface area contributed by atoms with Gasteiger partial charge in [-0.25, -0.2) is 0 Å². The van der Waals surface area contributed by atoms with Gasteiger partial charge in [-0.15, -0.1) is 0 Å². The van der Waals surface area contributed by atoms with Crippen LogP contribution in [0.5, 0.6) is 0 Å². The minimum atomic E-state index is 0.157. The van der Waals surface area contributed by atoms with E-state index in [1.807, 2.05) is 18.7 Å². The first kappa shape index (κ1) is 18.4. The summed E-state index contributed by atoms with van der Waals surface area (Å²) in [5, 5.41) is 16.9. The fourth-order valence-electron chi connectivity index (χ4n) is 4.30. The number of aromatic amines is 1. The molecular formula is C19H32N4O2. The molecular weight excluding hydrogens is 316 g/mol. The van der Waals surface area contributed by atoms with Crippen molar-refractivity contribution in [3.05, 3.63) is 17.0 Å². The Labute approximate surface area is 150 Å². The van der Waals surface area contributed by atoms with Crippen molar-refractivity contribution in [1.29, 1.82) is 0 Å². The minimum absolute atomic E-state index is 0.157. The molecule has 140 valence electrons. The number of hydrogen-bond acceptors (Lipinski definition) is 4. The van der Waals surface area contributed by atoms with Crippen LogP contribution in [0.15, 0.2) is 0 Å². The Morgan fingerprint density at radius 3 is 2.44 bits per heavy atom. The summed E-state index contributed by atoms with van der Waals surface area (Å²) in [7, 11) is 0. The second-order valence-electron chi connectivity index (χ2n) is 7.81. The van der Waals surface area contributed by atoms with E-state index in [1.54, 1.807) is 0 Å². The molecule has 2 atom stereocenters. The zero-order valence-corrected chi connectivity index (χ0v) is 15.6. The average Bonchev–Trinajstić information content (AvgIpc) is 3.02.